The topological polar surface area (TPSA) is 26.0 Å². The predicted molar refractivity (Wildman–Crippen MR) is 121 cm³/mol. The minimum atomic E-state index is -2.33. The molecule has 5 aromatic rings. The summed E-state index contributed by atoms with van der Waals surface area (Å²) in [7, 11) is 0. The van der Waals surface area contributed by atoms with Crippen LogP contribution in [-0.2, 0) is 0 Å². The number of para-hydroxylation sites is 1. The molecule has 0 aliphatic carbocycles. The third-order valence-electron chi connectivity index (χ3n) is 5.32. The number of nitrogens with zero attached hydrogens (tertiary/aromatic N) is 1. The monoisotopic (exact) mass is 381 g/mol. The molecule has 0 spiro atoms. The van der Waals surface area contributed by atoms with E-state index in [1.165, 1.54) is 6.20 Å². The van der Waals surface area contributed by atoms with Crippen molar-refractivity contribution in [3.63, 3.8) is 0 Å². The Morgan fingerprint density at radius 2 is 1.76 bits per heavy atom. The van der Waals surface area contributed by atoms with Gasteiger partial charge >= 0.3 is 0 Å². The number of rotatable bonds is 3. The van der Waals surface area contributed by atoms with E-state index in [0.717, 1.165) is 33.0 Å². The van der Waals surface area contributed by atoms with Crippen LogP contribution in [0.25, 0.3) is 44.3 Å². The summed E-state index contributed by atoms with van der Waals surface area (Å²) < 4.78 is 38.4. The van der Waals surface area contributed by atoms with Crippen LogP contribution in [0.1, 0.15) is 36.4 Å². The molecule has 0 radical (unpaired) electrons. The molecule has 2 heteroatoms. The van der Waals surface area contributed by atoms with Crippen LogP contribution in [-0.4, -0.2) is 4.98 Å². The molecule has 0 amide bonds. The third kappa shape index (κ3) is 3.01. The van der Waals surface area contributed by atoms with Crippen molar-refractivity contribution < 1.29 is 9.90 Å². The molecule has 0 saturated carbocycles. The maximum Gasteiger partial charge on any atom is 0.144 e. The van der Waals surface area contributed by atoms with E-state index >= 15 is 0 Å². The Hall–Kier alpha value is -3.39. The normalized spacial score (nSPS) is 14.4. The first-order chi connectivity index (χ1) is 15.6. The van der Waals surface area contributed by atoms with Gasteiger partial charge in [0, 0.05) is 28.0 Å². The van der Waals surface area contributed by atoms with Crippen molar-refractivity contribution >= 4 is 21.9 Å². The highest BCUT2D eigenvalue weighted by Crippen LogP contribution is 2.37. The first-order valence-electron chi connectivity index (χ1n) is 11.6. The van der Waals surface area contributed by atoms with Crippen LogP contribution in [0.4, 0.5) is 0 Å². The van der Waals surface area contributed by atoms with Crippen molar-refractivity contribution in [2.75, 3.05) is 0 Å². The molecule has 0 N–H and O–H groups in total. The summed E-state index contributed by atoms with van der Waals surface area (Å²) in [5, 5.41) is 1.97. The van der Waals surface area contributed by atoms with Crippen LogP contribution in [0.2, 0.25) is 0 Å². The number of aromatic nitrogens is 1. The first-order valence-corrected chi connectivity index (χ1v) is 9.65. The zero-order valence-corrected chi connectivity index (χ0v) is 16.4. The molecule has 0 unspecified atom stereocenters. The molecular formula is C27H23NO. The summed E-state index contributed by atoms with van der Waals surface area (Å²) >= 11 is 0. The molecule has 0 atom stereocenters. The van der Waals surface area contributed by atoms with E-state index in [2.05, 4.69) is 29.2 Å². The molecule has 0 bridgehead atoms. The lowest BCUT2D eigenvalue weighted by Gasteiger charge is -2.11. The lowest BCUT2D eigenvalue weighted by Crippen LogP contribution is -1.95. The standard InChI is InChI=1S/C27H23NO/c1-17(2)24-15-25(28-16-18(24)3)23-11-7-10-22-21-13-12-20(14-26(21)29-27(22)23)19-8-5-4-6-9-19/h4-17H,1-3H3/i3D3,17D. The second-order valence-corrected chi connectivity index (χ2v) is 7.48. The number of hydrogen-bond donors (Lipinski definition) is 0. The molecular weight excluding hydrogens is 354 g/mol. The fourth-order valence-electron chi connectivity index (χ4n) is 3.83. The van der Waals surface area contributed by atoms with Crippen LogP contribution in [0, 0.1) is 6.85 Å². The van der Waals surface area contributed by atoms with E-state index in [4.69, 9.17) is 9.90 Å². The van der Waals surface area contributed by atoms with Gasteiger partial charge in [-0.05, 0) is 59.3 Å². The zero-order valence-electron chi connectivity index (χ0n) is 20.4. The van der Waals surface area contributed by atoms with Crippen LogP contribution in [0.5, 0.6) is 0 Å². The second kappa shape index (κ2) is 6.89. The van der Waals surface area contributed by atoms with Crippen molar-refractivity contribution in [2.24, 2.45) is 0 Å². The number of pyridine rings is 1. The van der Waals surface area contributed by atoms with Gasteiger partial charge in [-0.1, -0.05) is 62.4 Å². The maximum absolute atomic E-state index is 8.51. The lowest BCUT2D eigenvalue weighted by atomic mass is 9.97. The van der Waals surface area contributed by atoms with Crippen molar-refractivity contribution in [3.05, 3.63) is 90.1 Å². The van der Waals surface area contributed by atoms with Gasteiger partial charge in [0.05, 0.1) is 5.69 Å². The minimum Gasteiger partial charge on any atom is -0.455 e. The van der Waals surface area contributed by atoms with Crippen molar-refractivity contribution in [3.8, 4) is 22.4 Å². The highest BCUT2D eigenvalue weighted by molar-refractivity contribution is 6.10. The second-order valence-electron chi connectivity index (χ2n) is 7.48. The Labute approximate surface area is 176 Å². The molecule has 2 nitrogen and oxygen atoms in total. The highest BCUT2D eigenvalue weighted by Gasteiger charge is 2.15. The average Bonchev–Trinajstić information content (AvgIpc) is 3.16. The van der Waals surface area contributed by atoms with Gasteiger partial charge in [-0.15, -0.1) is 0 Å². The smallest absolute Gasteiger partial charge is 0.144 e. The molecule has 2 aromatic heterocycles. The fourth-order valence-corrected chi connectivity index (χ4v) is 3.83. The number of fused-ring (bicyclic) bond motifs is 3. The molecule has 29 heavy (non-hydrogen) atoms. The van der Waals surface area contributed by atoms with Crippen molar-refractivity contribution in [2.45, 2.75) is 26.6 Å². The number of furan rings is 1. The summed E-state index contributed by atoms with van der Waals surface area (Å²) in [5.74, 6) is -1.09. The Kier molecular flexibility index (Phi) is 3.26. The third-order valence-corrected chi connectivity index (χ3v) is 5.32. The Morgan fingerprint density at radius 1 is 0.897 bits per heavy atom. The van der Waals surface area contributed by atoms with Gasteiger partial charge in [0.25, 0.3) is 0 Å². The lowest BCUT2D eigenvalue weighted by molar-refractivity contribution is 0.670. The molecule has 0 aliphatic heterocycles. The summed E-state index contributed by atoms with van der Waals surface area (Å²) in [6, 6.07) is 23.9. The summed E-state index contributed by atoms with van der Waals surface area (Å²) in [6.07, 6.45) is 1.38. The van der Waals surface area contributed by atoms with E-state index in [1.807, 2.05) is 42.5 Å². The van der Waals surface area contributed by atoms with Gasteiger partial charge in [-0.3, -0.25) is 4.98 Å². The van der Waals surface area contributed by atoms with Crippen LogP contribution >= 0.6 is 0 Å². The van der Waals surface area contributed by atoms with E-state index < -0.39 is 12.7 Å². The first kappa shape index (κ1) is 13.7. The quantitative estimate of drug-likeness (QED) is 0.319. The minimum absolute atomic E-state index is 0.107. The van der Waals surface area contributed by atoms with Crippen LogP contribution < -0.4 is 0 Å². The summed E-state index contributed by atoms with van der Waals surface area (Å²) in [6.45, 7) is 1.04. The van der Waals surface area contributed by atoms with E-state index in [-0.39, 0.29) is 5.56 Å². The summed E-state index contributed by atoms with van der Waals surface area (Å²) in [5.41, 5.74) is 5.56. The molecule has 5 rings (SSSR count). The highest BCUT2D eigenvalue weighted by atomic mass is 16.3. The van der Waals surface area contributed by atoms with E-state index in [0.29, 0.717) is 16.8 Å². The van der Waals surface area contributed by atoms with Crippen molar-refractivity contribution in [1.29, 1.82) is 0 Å². The SMILES string of the molecule is [2H]C([2H])([2H])c1cnc(-c2cccc3c2oc2cc(-c4ccccc4)ccc23)cc1C([2H])(C)C. The van der Waals surface area contributed by atoms with E-state index in [1.54, 1.807) is 19.9 Å². The molecule has 142 valence electrons. The fraction of sp³-hybridized carbons (Fsp3) is 0.148. The molecule has 2 heterocycles. The molecule has 0 aliphatic rings. The molecule has 0 saturated heterocycles. The average molecular weight is 382 g/mol. The number of benzene rings is 3. The van der Waals surface area contributed by atoms with Gasteiger partial charge < -0.3 is 4.42 Å². The van der Waals surface area contributed by atoms with E-state index in [9.17, 15) is 0 Å². The molecule has 0 fully saturated rings. The Balaban J connectivity index is 1.71. The number of hydrogen-bond acceptors (Lipinski definition) is 2. The molecule has 3 aromatic carbocycles. The summed E-state index contributed by atoms with van der Waals surface area (Å²) in [4.78, 5) is 4.47. The van der Waals surface area contributed by atoms with Crippen LogP contribution in [0.15, 0.2) is 83.4 Å². The largest absolute Gasteiger partial charge is 0.455 e. The zero-order chi connectivity index (χ0) is 23.4. The van der Waals surface area contributed by atoms with Crippen LogP contribution in [0.3, 0.4) is 0 Å². The Morgan fingerprint density at radius 3 is 2.55 bits per heavy atom. The van der Waals surface area contributed by atoms with Gasteiger partial charge in [0.2, 0.25) is 0 Å². The van der Waals surface area contributed by atoms with Gasteiger partial charge in [0.15, 0.2) is 0 Å². The van der Waals surface area contributed by atoms with Gasteiger partial charge in [0.1, 0.15) is 11.2 Å². The van der Waals surface area contributed by atoms with Gasteiger partial charge in [-0.2, -0.15) is 0 Å². The number of aryl methyl sites for hydroxylation is 1. The van der Waals surface area contributed by atoms with Crippen molar-refractivity contribution in [1.82, 2.24) is 4.98 Å². The van der Waals surface area contributed by atoms with Gasteiger partial charge in [-0.25, -0.2) is 0 Å². The maximum atomic E-state index is 8.51. The Bertz CT molecular complexity index is 1480. The predicted octanol–water partition coefficient (Wildman–Crippen LogP) is 7.75.